The summed E-state index contributed by atoms with van der Waals surface area (Å²) in [5, 5.41) is 13.0. The van der Waals surface area contributed by atoms with Crippen molar-refractivity contribution in [3.05, 3.63) is 88.5 Å². The van der Waals surface area contributed by atoms with Gasteiger partial charge < -0.3 is 10.1 Å². The molecule has 2 heterocycles. The molecule has 1 aromatic carbocycles. The summed E-state index contributed by atoms with van der Waals surface area (Å²) in [5.74, 6) is 0.756. The zero-order valence-corrected chi connectivity index (χ0v) is 14.8. The molecule has 0 atom stereocenters. The summed E-state index contributed by atoms with van der Waals surface area (Å²) in [7, 11) is 0. The number of nitrogens with zero attached hydrogens (tertiary/aromatic N) is 3. The van der Waals surface area contributed by atoms with Gasteiger partial charge in [0, 0.05) is 36.6 Å². The first-order chi connectivity index (χ1) is 12.8. The van der Waals surface area contributed by atoms with Gasteiger partial charge in [-0.15, -0.1) is 0 Å². The SMILES string of the molecule is N#Cc1cccnc1COc1ccccc1CNCc1cccnc1Cl. The van der Waals surface area contributed by atoms with E-state index in [2.05, 4.69) is 21.4 Å². The number of hydrogen-bond acceptors (Lipinski definition) is 5. The molecule has 0 aliphatic heterocycles. The van der Waals surface area contributed by atoms with Crippen molar-refractivity contribution in [3.8, 4) is 11.8 Å². The van der Waals surface area contributed by atoms with Gasteiger partial charge >= 0.3 is 0 Å². The second-order valence-corrected chi connectivity index (χ2v) is 5.92. The van der Waals surface area contributed by atoms with Crippen molar-refractivity contribution in [1.29, 1.82) is 5.26 Å². The Bertz CT molecular complexity index is 923. The highest BCUT2D eigenvalue weighted by Gasteiger charge is 2.07. The predicted octanol–water partition coefficient (Wildman–Crippen LogP) is 3.87. The molecule has 130 valence electrons. The highest BCUT2D eigenvalue weighted by atomic mass is 35.5. The highest BCUT2D eigenvalue weighted by Crippen LogP contribution is 2.20. The maximum Gasteiger partial charge on any atom is 0.133 e. The first-order valence-electron chi connectivity index (χ1n) is 8.12. The first kappa shape index (κ1) is 17.9. The van der Waals surface area contributed by atoms with Crippen LogP contribution in [0.4, 0.5) is 0 Å². The molecule has 3 aromatic rings. The maximum atomic E-state index is 9.15. The molecule has 1 N–H and O–H groups in total. The van der Waals surface area contributed by atoms with Crippen LogP contribution in [0.2, 0.25) is 5.15 Å². The Morgan fingerprint density at radius 1 is 0.962 bits per heavy atom. The molecule has 0 saturated carbocycles. The van der Waals surface area contributed by atoms with Gasteiger partial charge in [0.25, 0.3) is 0 Å². The molecule has 6 heteroatoms. The van der Waals surface area contributed by atoms with Crippen molar-refractivity contribution in [2.24, 2.45) is 0 Å². The molecule has 3 rings (SSSR count). The molecular weight excluding hydrogens is 348 g/mol. The summed E-state index contributed by atoms with van der Waals surface area (Å²) in [6, 6.07) is 17.2. The van der Waals surface area contributed by atoms with Gasteiger partial charge in [0.2, 0.25) is 0 Å². The molecule has 0 spiro atoms. The van der Waals surface area contributed by atoms with E-state index in [4.69, 9.17) is 21.6 Å². The lowest BCUT2D eigenvalue weighted by molar-refractivity contribution is 0.297. The Kier molecular flexibility index (Phi) is 6.15. The monoisotopic (exact) mass is 364 g/mol. The minimum absolute atomic E-state index is 0.245. The van der Waals surface area contributed by atoms with Crippen LogP contribution in [0.25, 0.3) is 0 Å². The van der Waals surface area contributed by atoms with E-state index in [9.17, 15) is 0 Å². The van der Waals surface area contributed by atoms with Crippen LogP contribution in [0, 0.1) is 11.3 Å². The van der Waals surface area contributed by atoms with E-state index < -0.39 is 0 Å². The lowest BCUT2D eigenvalue weighted by Crippen LogP contribution is -2.14. The molecule has 2 aromatic heterocycles. The van der Waals surface area contributed by atoms with Crippen LogP contribution in [-0.2, 0) is 19.7 Å². The van der Waals surface area contributed by atoms with Gasteiger partial charge in [-0.05, 0) is 24.3 Å². The fourth-order valence-corrected chi connectivity index (χ4v) is 2.66. The summed E-state index contributed by atoms with van der Waals surface area (Å²) >= 11 is 6.07. The van der Waals surface area contributed by atoms with E-state index >= 15 is 0 Å². The molecule has 0 radical (unpaired) electrons. The van der Waals surface area contributed by atoms with Crippen molar-refractivity contribution in [1.82, 2.24) is 15.3 Å². The number of hydrogen-bond donors (Lipinski definition) is 1. The molecule has 0 amide bonds. The zero-order chi connectivity index (χ0) is 18.2. The number of pyridine rings is 2. The molecule has 5 nitrogen and oxygen atoms in total. The van der Waals surface area contributed by atoms with Crippen molar-refractivity contribution in [2.45, 2.75) is 19.7 Å². The Morgan fingerprint density at radius 3 is 2.54 bits per heavy atom. The largest absolute Gasteiger partial charge is 0.487 e. The minimum atomic E-state index is 0.245. The molecule has 0 fully saturated rings. The van der Waals surface area contributed by atoms with Crippen LogP contribution in [0.1, 0.15) is 22.4 Å². The Morgan fingerprint density at radius 2 is 1.69 bits per heavy atom. The maximum absolute atomic E-state index is 9.15. The number of nitrogens with one attached hydrogen (secondary N) is 1. The second kappa shape index (κ2) is 8.95. The summed E-state index contributed by atoms with van der Waals surface area (Å²) in [6.45, 7) is 1.48. The first-order valence-corrected chi connectivity index (χ1v) is 8.50. The summed E-state index contributed by atoms with van der Waals surface area (Å²) in [5.41, 5.74) is 3.11. The zero-order valence-electron chi connectivity index (χ0n) is 14.0. The van der Waals surface area contributed by atoms with E-state index in [0.717, 1.165) is 16.9 Å². The van der Waals surface area contributed by atoms with E-state index in [-0.39, 0.29) is 6.61 Å². The van der Waals surface area contributed by atoms with Crippen molar-refractivity contribution in [3.63, 3.8) is 0 Å². The average Bonchev–Trinajstić information content (AvgIpc) is 2.69. The van der Waals surface area contributed by atoms with Gasteiger partial charge in [0.05, 0.1) is 11.3 Å². The third-order valence-corrected chi connectivity index (χ3v) is 4.16. The predicted molar refractivity (Wildman–Crippen MR) is 99.5 cm³/mol. The lowest BCUT2D eigenvalue weighted by Gasteiger charge is -2.12. The summed E-state index contributed by atoms with van der Waals surface area (Å²) in [4.78, 5) is 8.29. The Balaban J connectivity index is 1.63. The average molecular weight is 365 g/mol. The smallest absolute Gasteiger partial charge is 0.133 e. The van der Waals surface area contributed by atoms with E-state index in [1.165, 1.54) is 0 Å². The van der Waals surface area contributed by atoms with E-state index in [0.29, 0.717) is 29.5 Å². The van der Waals surface area contributed by atoms with Gasteiger partial charge in [0.1, 0.15) is 23.6 Å². The fraction of sp³-hybridized carbons (Fsp3) is 0.150. The number of nitriles is 1. The topological polar surface area (TPSA) is 70.8 Å². The normalized spacial score (nSPS) is 10.3. The van der Waals surface area contributed by atoms with Gasteiger partial charge in [-0.25, -0.2) is 4.98 Å². The molecule has 0 unspecified atom stereocenters. The number of ether oxygens (including phenoxy) is 1. The van der Waals surface area contributed by atoms with Crippen molar-refractivity contribution < 1.29 is 4.74 Å². The molecule has 0 aliphatic rings. The quantitative estimate of drug-likeness (QED) is 0.644. The third-order valence-electron chi connectivity index (χ3n) is 3.81. The van der Waals surface area contributed by atoms with Gasteiger partial charge in [-0.1, -0.05) is 35.9 Å². The molecule has 26 heavy (non-hydrogen) atoms. The minimum Gasteiger partial charge on any atom is -0.487 e. The van der Waals surface area contributed by atoms with Crippen molar-refractivity contribution in [2.75, 3.05) is 0 Å². The van der Waals surface area contributed by atoms with Crippen LogP contribution in [0.5, 0.6) is 5.75 Å². The number of rotatable bonds is 7. The number of aromatic nitrogens is 2. The fourth-order valence-electron chi connectivity index (χ4n) is 2.47. The van der Waals surface area contributed by atoms with Crippen LogP contribution >= 0.6 is 11.6 Å². The van der Waals surface area contributed by atoms with Crippen LogP contribution in [0.15, 0.2) is 60.9 Å². The van der Waals surface area contributed by atoms with Crippen molar-refractivity contribution >= 4 is 11.6 Å². The standard InChI is InChI=1S/C20H17ClN4O/c21-20-17(7-4-10-25-20)13-23-12-16-5-1-2-8-19(16)26-14-18-15(11-22)6-3-9-24-18/h1-10,23H,12-14H2. The number of para-hydroxylation sites is 1. The van der Waals surface area contributed by atoms with Crippen LogP contribution < -0.4 is 10.1 Å². The third kappa shape index (κ3) is 4.57. The molecule has 0 saturated heterocycles. The highest BCUT2D eigenvalue weighted by molar-refractivity contribution is 6.30. The van der Waals surface area contributed by atoms with Gasteiger partial charge in [-0.3, -0.25) is 4.98 Å². The van der Waals surface area contributed by atoms with E-state index in [1.807, 2.05) is 36.4 Å². The summed E-state index contributed by atoms with van der Waals surface area (Å²) < 4.78 is 5.90. The Labute approximate surface area is 157 Å². The van der Waals surface area contributed by atoms with Crippen LogP contribution in [-0.4, -0.2) is 9.97 Å². The van der Waals surface area contributed by atoms with Gasteiger partial charge in [-0.2, -0.15) is 5.26 Å². The van der Waals surface area contributed by atoms with Crippen LogP contribution in [0.3, 0.4) is 0 Å². The number of benzene rings is 1. The van der Waals surface area contributed by atoms with Gasteiger partial charge in [0.15, 0.2) is 0 Å². The molecule has 0 bridgehead atoms. The number of halogens is 1. The van der Waals surface area contributed by atoms with E-state index in [1.54, 1.807) is 24.5 Å². The molecule has 0 aliphatic carbocycles. The summed E-state index contributed by atoms with van der Waals surface area (Å²) in [6.07, 6.45) is 3.33. The second-order valence-electron chi connectivity index (χ2n) is 5.56. The lowest BCUT2D eigenvalue weighted by atomic mass is 10.2. The Hall–Kier alpha value is -2.94. The molecular formula is C20H17ClN4O.